The normalized spacial score (nSPS) is 10.4. The van der Waals surface area contributed by atoms with Crippen LogP contribution in [0.25, 0.3) is 0 Å². The van der Waals surface area contributed by atoms with Gasteiger partial charge in [-0.15, -0.1) is 0 Å². The predicted octanol–water partition coefficient (Wildman–Crippen LogP) is 4.81. The summed E-state index contributed by atoms with van der Waals surface area (Å²) in [4.78, 5) is 12.1. The summed E-state index contributed by atoms with van der Waals surface area (Å²) in [6, 6.07) is 3.59. The summed E-state index contributed by atoms with van der Waals surface area (Å²) in [5.74, 6) is 0.782. The molecular weight excluding hydrogens is 248 g/mol. The minimum Gasteiger partial charge on any atom is -0.493 e. The Balaban J connectivity index is 2.98. The van der Waals surface area contributed by atoms with Gasteiger partial charge in [-0.3, -0.25) is 4.79 Å². The molecule has 0 saturated heterocycles. The lowest BCUT2D eigenvalue weighted by Crippen LogP contribution is -2.05. The van der Waals surface area contributed by atoms with Gasteiger partial charge in [0.25, 0.3) is 0 Å². The smallest absolute Gasteiger partial charge is 0.166 e. The number of carbonyl (C=O) groups is 1. The van der Waals surface area contributed by atoms with Crippen LogP contribution in [0.3, 0.4) is 0 Å². The average Bonchev–Trinajstić information content (AvgIpc) is 2.36. The second-order valence-electron chi connectivity index (χ2n) is 4.47. The third-order valence-corrected chi connectivity index (χ3v) is 3.19. The van der Waals surface area contributed by atoms with Crippen LogP contribution in [0.5, 0.6) is 5.75 Å². The zero-order valence-electron chi connectivity index (χ0n) is 11.4. The van der Waals surface area contributed by atoms with Crippen molar-refractivity contribution < 1.29 is 9.53 Å². The van der Waals surface area contributed by atoms with E-state index in [0.29, 0.717) is 29.4 Å². The molecule has 1 rings (SSSR count). The molecule has 0 aliphatic carbocycles. The summed E-state index contributed by atoms with van der Waals surface area (Å²) < 4.78 is 5.64. The Morgan fingerprint density at radius 2 is 2.00 bits per heavy atom. The SMILES string of the molecule is CCCCC(=O)c1cc(Cl)c(C)cc1OCCC. The summed E-state index contributed by atoms with van der Waals surface area (Å²) in [7, 11) is 0. The summed E-state index contributed by atoms with van der Waals surface area (Å²) >= 11 is 6.09. The molecule has 3 heteroatoms. The van der Waals surface area contributed by atoms with Gasteiger partial charge in [0.1, 0.15) is 5.75 Å². The highest BCUT2D eigenvalue weighted by Gasteiger charge is 2.14. The minimum atomic E-state index is 0.116. The van der Waals surface area contributed by atoms with E-state index in [9.17, 15) is 4.79 Å². The molecule has 0 aliphatic heterocycles. The highest BCUT2D eigenvalue weighted by molar-refractivity contribution is 6.31. The molecule has 0 atom stereocenters. The number of rotatable bonds is 7. The van der Waals surface area contributed by atoms with Gasteiger partial charge in [-0.25, -0.2) is 0 Å². The van der Waals surface area contributed by atoms with Crippen molar-refractivity contribution in [2.24, 2.45) is 0 Å². The number of carbonyl (C=O) groups excluding carboxylic acids is 1. The topological polar surface area (TPSA) is 26.3 Å². The van der Waals surface area contributed by atoms with Gasteiger partial charge < -0.3 is 4.74 Å². The Hall–Kier alpha value is -1.02. The molecule has 0 unspecified atom stereocenters. The first-order valence-electron chi connectivity index (χ1n) is 6.56. The number of ketones is 1. The third-order valence-electron chi connectivity index (χ3n) is 2.78. The summed E-state index contributed by atoms with van der Waals surface area (Å²) in [6.45, 7) is 6.65. The number of unbranched alkanes of at least 4 members (excludes halogenated alkanes) is 1. The van der Waals surface area contributed by atoms with Crippen LogP contribution in [0.15, 0.2) is 12.1 Å². The quantitative estimate of drug-likeness (QED) is 0.664. The zero-order chi connectivity index (χ0) is 13.5. The number of Topliss-reactive ketones (excluding diaryl/α,β-unsaturated/α-hetero) is 1. The maximum atomic E-state index is 12.1. The standard InChI is InChI=1S/C15H21ClO2/c1-4-6-7-14(17)12-10-13(16)11(3)9-15(12)18-8-5-2/h9-10H,4-8H2,1-3H3. The maximum Gasteiger partial charge on any atom is 0.166 e. The molecule has 1 aromatic rings. The highest BCUT2D eigenvalue weighted by atomic mass is 35.5. The van der Waals surface area contributed by atoms with E-state index < -0.39 is 0 Å². The molecule has 0 heterocycles. The van der Waals surface area contributed by atoms with E-state index in [4.69, 9.17) is 16.3 Å². The summed E-state index contributed by atoms with van der Waals surface area (Å²) in [5.41, 5.74) is 1.56. The molecule has 0 aliphatic rings. The lowest BCUT2D eigenvalue weighted by atomic mass is 10.0. The van der Waals surface area contributed by atoms with Crippen molar-refractivity contribution >= 4 is 17.4 Å². The first kappa shape index (κ1) is 15.0. The second kappa shape index (κ2) is 7.42. The second-order valence-corrected chi connectivity index (χ2v) is 4.88. The summed E-state index contributed by atoms with van der Waals surface area (Å²) in [6.07, 6.45) is 3.39. The molecule has 0 radical (unpaired) electrons. The molecule has 0 saturated carbocycles. The Bertz CT molecular complexity index is 413. The molecule has 100 valence electrons. The van der Waals surface area contributed by atoms with Crippen LogP contribution in [0.1, 0.15) is 55.5 Å². The summed E-state index contributed by atoms with van der Waals surface area (Å²) in [5, 5.41) is 0.624. The third kappa shape index (κ3) is 4.02. The van der Waals surface area contributed by atoms with Gasteiger partial charge in [0.15, 0.2) is 5.78 Å². The van der Waals surface area contributed by atoms with Crippen molar-refractivity contribution in [2.75, 3.05) is 6.61 Å². The fourth-order valence-electron chi connectivity index (χ4n) is 1.68. The zero-order valence-corrected chi connectivity index (χ0v) is 12.1. The minimum absolute atomic E-state index is 0.116. The van der Waals surface area contributed by atoms with Crippen LogP contribution in [0.4, 0.5) is 0 Å². The molecule has 0 amide bonds. The fourth-order valence-corrected chi connectivity index (χ4v) is 1.84. The Morgan fingerprint density at radius 3 is 2.61 bits per heavy atom. The molecule has 1 aromatic carbocycles. The van der Waals surface area contributed by atoms with Crippen molar-refractivity contribution in [3.63, 3.8) is 0 Å². The number of ether oxygens (including phenoxy) is 1. The first-order chi connectivity index (χ1) is 8.60. The molecule has 0 aromatic heterocycles. The maximum absolute atomic E-state index is 12.1. The van der Waals surface area contributed by atoms with Crippen LogP contribution >= 0.6 is 11.6 Å². The Labute approximate surface area is 114 Å². The van der Waals surface area contributed by atoms with Crippen LogP contribution in [0, 0.1) is 6.92 Å². The average molecular weight is 269 g/mol. The lowest BCUT2D eigenvalue weighted by molar-refractivity contribution is 0.0976. The Morgan fingerprint density at radius 1 is 1.28 bits per heavy atom. The number of halogens is 1. The van der Waals surface area contributed by atoms with Crippen LogP contribution in [-0.2, 0) is 0 Å². The number of benzene rings is 1. The van der Waals surface area contributed by atoms with E-state index >= 15 is 0 Å². The van der Waals surface area contributed by atoms with Gasteiger partial charge in [-0.1, -0.05) is 31.9 Å². The van der Waals surface area contributed by atoms with Crippen LogP contribution in [-0.4, -0.2) is 12.4 Å². The van der Waals surface area contributed by atoms with E-state index in [1.807, 2.05) is 19.9 Å². The number of aryl methyl sites for hydroxylation is 1. The fraction of sp³-hybridized carbons (Fsp3) is 0.533. The van der Waals surface area contributed by atoms with Crippen molar-refractivity contribution in [3.05, 3.63) is 28.3 Å². The molecular formula is C15H21ClO2. The molecule has 0 N–H and O–H groups in total. The van der Waals surface area contributed by atoms with Crippen LogP contribution in [0.2, 0.25) is 5.02 Å². The molecule has 18 heavy (non-hydrogen) atoms. The van der Waals surface area contributed by atoms with E-state index in [-0.39, 0.29) is 5.78 Å². The van der Waals surface area contributed by atoms with Crippen molar-refractivity contribution in [1.29, 1.82) is 0 Å². The van der Waals surface area contributed by atoms with E-state index in [2.05, 4.69) is 6.92 Å². The van der Waals surface area contributed by atoms with Crippen molar-refractivity contribution in [3.8, 4) is 5.75 Å². The predicted molar refractivity (Wildman–Crippen MR) is 75.8 cm³/mol. The van der Waals surface area contributed by atoms with E-state index in [0.717, 1.165) is 24.8 Å². The first-order valence-corrected chi connectivity index (χ1v) is 6.94. The molecule has 0 fully saturated rings. The van der Waals surface area contributed by atoms with Gasteiger partial charge in [-0.2, -0.15) is 0 Å². The Kier molecular flexibility index (Phi) is 6.20. The monoisotopic (exact) mass is 268 g/mol. The van der Waals surface area contributed by atoms with Crippen LogP contribution < -0.4 is 4.74 Å². The highest BCUT2D eigenvalue weighted by Crippen LogP contribution is 2.28. The van der Waals surface area contributed by atoms with Gasteiger partial charge in [0.05, 0.1) is 12.2 Å². The van der Waals surface area contributed by atoms with Crippen molar-refractivity contribution in [1.82, 2.24) is 0 Å². The van der Waals surface area contributed by atoms with Gasteiger partial charge >= 0.3 is 0 Å². The number of hydrogen-bond donors (Lipinski definition) is 0. The lowest BCUT2D eigenvalue weighted by Gasteiger charge is -2.12. The molecule has 0 spiro atoms. The van der Waals surface area contributed by atoms with Gasteiger partial charge in [-0.05, 0) is 37.5 Å². The van der Waals surface area contributed by atoms with Gasteiger partial charge in [0, 0.05) is 11.4 Å². The number of hydrogen-bond acceptors (Lipinski definition) is 2. The molecule has 0 bridgehead atoms. The van der Waals surface area contributed by atoms with E-state index in [1.165, 1.54) is 0 Å². The van der Waals surface area contributed by atoms with E-state index in [1.54, 1.807) is 6.07 Å². The largest absolute Gasteiger partial charge is 0.493 e. The molecule has 2 nitrogen and oxygen atoms in total. The van der Waals surface area contributed by atoms with Crippen molar-refractivity contribution in [2.45, 2.75) is 46.5 Å². The van der Waals surface area contributed by atoms with Gasteiger partial charge in [0.2, 0.25) is 0 Å².